The van der Waals surface area contributed by atoms with Gasteiger partial charge in [-0.25, -0.2) is 0 Å². The average molecular weight is 204 g/mol. The molecule has 2 heteroatoms. The van der Waals surface area contributed by atoms with Crippen LogP contribution in [-0.2, 0) is 11.2 Å². The van der Waals surface area contributed by atoms with Gasteiger partial charge in [0.1, 0.15) is 12.0 Å². The van der Waals surface area contributed by atoms with Gasteiger partial charge < -0.3 is 5.11 Å². The fraction of sp³-hybridized carbons (Fsp3) is 0.154. The van der Waals surface area contributed by atoms with Crippen molar-refractivity contribution < 1.29 is 9.90 Å². The molecule has 0 spiro atoms. The average Bonchev–Trinajstić information content (AvgIpc) is 2.24. The van der Waals surface area contributed by atoms with Gasteiger partial charge in [0.2, 0.25) is 0 Å². The van der Waals surface area contributed by atoms with Crippen molar-refractivity contribution in [1.82, 2.24) is 0 Å². The number of aldehydes is 1. The van der Waals surface area contributed by atoms with E-state index in [-0.39, 0.29) is 0 Å². The van der Waals surface area contributed by atoms with Gasteiger partial charge >= 0.3 is 0 Å². The number of carbonyl (C=O) groups is 1. The van der Waals surface area contributed by atoms with Gasteiger partial charge in [0, 0.05) is 0 Å². The topological polar surface area (TPSA) is 37.3 Å². The highest BCUT2D eigenvalue weighted by atomic mass is 16.3. The molecule has 0 amide bonds. The second-order valence-electron chi connectivity index (χ2n) is 2.78. The Morgan fingerprint density at radius 3 is 2.47 bits per heavy atom. The standard InChI is InChI=1S/C9H10O.C4H6O/c1-2-5-8-6-3-4-7-9(8)10;1-2-3-4-5/h2-4,6-7,10H,1,5H2;2-4H,1H3/b;3-2+. The van der Waals surface area contributed by atoms with E-state index in [1.165, 1.54) is 6.08 Å². The summed E-state index contributed by atoms with van der Waals surface area (Å²) in [5.41, 5.74) is 0.928. The molecule has 0 aliphatic heterocycles. The fourth-order valence-corrected chi connectivity index (χ4v) is 0.918. The molecule has 2 nitrogen and oxygen atoms in total. The summed E-state index contributed by atoms with van der Waals surface area (Å²) in [5.74, 6) is 0.349. The van der Waals surface area contributed by atoms with E-state index >= 15 is 0 Å². The summed E-state index contributed by atoms with van der Waals surface area (Å²) >= 11 is 0. The van der Waals surface area contributed by atoms with Gasteiger partial charge in [-0.1, -0.05) is 30.4 Å². The largest absolute Gasteiger partial charge is 0.508 e. The van der Waals surface area contributed by atoms with Crippen molar-refractivity contribution in [2.24, 2.45) is 0 Å². The third-order valence-corrected chi connectivity index (χ3v) is 1.63. The lowest BCUT2D eigenvalue weighted by molar-refractivity contribution is -0.104. The molecule has 0 aliphatic rings. The van der Waals surface area contributed by atoms with Crippen molar-refractivity contribution in [3.63, 3.8) is 0 Å². The molecule has 0 unspecified atom stereocenters. The van der Waals surface area contributed by atoms with Crippen molar-refractivity contribution in [2.45, 2.75) is 13.3 Å². The molecule has 1 rings (SSSR count). The monoisotopic (exact) mass is 204 g/mol. The lowest BCUT2D eigenvalue weighted by Gasteiger charge is -1.97. The Hall–Kier alpha value is -1.83. The number of phenolic OH excluding ortho intramolecular Hbond substituents is 1. The van der Waals surface area contributed by atoms with Gasteiger partial charge in [-0.05, 0) is 31.1 Å². The molecule has 0 bridgehead atoms. The molecule has 1 aromatic rings. The Kier molecular flexibility index (Phi) is 7.69. The molecule has 0 heterocycles. The van der Waals surface area contributed by atoms with E-state index < -0.39 is 0 Å². The molecule has 0 aromatic heterocycles. The van der Waals surface area contributed by atoms with Crippen LogP contribution in [0.15, 0.2) is 49.1 Å². The summed E-state index contributed by atoms with van der Waals surface area (Å²) in [6, 6.07) is 7.27. The summed E-state index contributed by atoms with van der Waals surface area (Å²) < 4.78 is 0. The van der Waals surface area contributed by atoms with Gasteiger partial charge in [0.05, 0.1) is 0 Å². The quantitative estimate of drug-likeness (QED) is 0.467. The van der Waals surface area contributed by atoms with E-state index in [4.69, 9.17) is 0 Å². The number of hydrogen-bond donors (Lipinski definition) is 1. The summed E-state index contributed by atoms with van der Waals surface area (Å²) in [4.78, 5) is 9.32. The number of carbonyl (C=O) groups excluding carboxylic acids is 1. The van der Waals surface area contributed by atoms with Crippen molar-refractivity contribution in [3.8, 4) is 5.75 Å². The van der Waals surface area contributed by atoms with E-state index in [1.807, 2.05) is 18.2 Å². The number of rotatable bonds is 3. The van der Waals surface area contributed by atoms with Gasteiger partial charge in [-0.15, -0.1) is 6.58 Å². The first-order valence-electron chi connectivity index (χ1n) is 4.70. The Labute approximate surface area is 90.6 Å². The Balaban J connectivity index is 0.000000336. The normalized spacial score (nSPS) is 9.13. The van der Waals surface area contributed by atoms with Crippen LogP contribution in [0.25, 0.3) is 0 Å². The number of para-hydroxylation sites is 1. The maximum Gasteiger partial charge on any atom is 0.142 e. The first-order valence-corrected chi connectivity index (χ1v) is 4.70. The summed E-state index contributed by atoms with van der Waals surface area (Å²) in [6.07, 6.45) is 6.38. The van der Waals surface area contributed by atoms with Crippen LogP contribution in [0.1, 0.15) is 12.5 Å². The number of phenols is 1. The number of allylic oxidation sites excluding steroid dienone is 3. The van der Waals surface area contributed by atoms with E-state index in [9.17, 15) is 9.90 Å². The fourth-order valence-electron chi connectivity index (χ4n) is 0.918. The highest BCUT2D eigenvalue weighted by Crippen LogP contribution is 2.15. The van der Waals surface area contributed by atoms with Crippen LogP contribution >= 0.6 is 0 Å². The second kappa shape index (κ2) is 8.75. The molecule has 0 radical (unpaired) electrons. The third-order valence-electron chi connectivity index (χ3n) is 1.63. The van der Waals surface area contributed by atoms with E-state index in [0.29, 0.717) is 5.75 Å². The lowest BCUT2D eigenvalue weighted by atomic mass is 10.1. The van der Waals surface area contributed by atoms with E-state index in [0.717, 1.165) is 18.3 Å². The summed E-state index contributed by atoms with van der Waals surface area (Å²) in [7, 11) is 0. The van der Waals surface area contributed by atoms with E-state index in [1.54, 1.807) is 25.1 Å². The maximum atomic E-state index is 9.32. The summed E-state index contributed by atoms with van der Waals surface area (Å²) in [5, 5.41) is 9.19. The third kappa shape index (κ3) is 6.27. The van der Waals surface area contributed by atoms with Crippen LogP contribution in [0.2, 0.25) is 0 Å². The van der Waals surface area contributed by atoms with Gasteiger partial charge in [0.25, 0.3) is 0 Å². The minimum absolute atomic E-state index is 0.349. The molecule has 0 fully saturated rings. The van der Waals surface area contributed by atoms with Crippen LogP contribution < -0.4 is 0 Å². The molecule has 1 aromatic carbocycles. The predicted octanol–water partition coefficient (Wildman–Crippen LogP) is 2.88. The molecule has 0 aliphatic carbocycles. The first-order chi connectivity index (χ1) is 7.26. The van der Waals surface area contributed by atoms with Crippen LogP contribution in [0.4, 0.5) is 0 Å². The van der Waals surface area contributed by atoms with Crippen molar-refractivity contribution >= 4 is 6.29 Å². The minimum Gasteiger partial charge on any atom is -0.508 e. The molecule has 80 valence electrons. The Morgan fingerprint density at radius 1 is 1.40 bits per heavy atom. The zero-order chi connectivity index (χ0) is 11.5. The predicted molar refractivity (Wildman–Crippen MR) is 62.9 cm³/mol. The first kappa shape index (κ1) is 13.2. The van der Waals surface area contributed by atoms with Crippen LogP contribution in [0.3, 0.4) is 0 Å². The highest BCUT2D eigenvalue weighted by Gasteiger charge is 1.93. The highest BCUT2D eigenvalue weighted by molar-refractivity contribution is 5.64. The van der Waals surface area contributed by atoms with Crippen molar-refractivity contribution in [3.05, 3.63) is 54.6 Å². The zero-order valence-electron chi connectivity index (χ0n) is 8.89. The van der Waals surface area contributed by atoms with Gasteiger partial charge in [-0.3, -0.25) is 4.79 Å². The number of hydrogen-bond acceptors (Lipinski definition) is 2. The lowest BCUT2D eigenvalue weighted by Crippen LogP contribution is -1.79. The van der Waals surface area contributed by atoms with Gasteiger partial charge in [-0.2, -0.15) is 0 Å². The molecule has 0 saturated carbocycles. The Morgan fingerprint density at radius 2 is 2.07 bits per heavy atom. The van der Waals surface area contributed by atoms with Crippen LogP contribution in [0, 0.1) is 0 Å². The number of benzene rings is 1. The minimum atomic E-state index is 0.349. The SMILES string of the molecule is C/C=C/C=O.C=CCc1ccccc1O. The maximum absolute atomic E-state index is 9.32. The second-order valence-corrected chi connectivity index (χ2v) is 2.78. The molecule has 0 saturated heterocycles. The zero-order valence-corrected chi connectivity index (χ0v) is 8.89. The molecule has 15 heavy (non-hydrogen) atoms. The van der Waals surface area contributed by atoms with Crippen LogP contribution in [-0.4, -0.2) is 11.4 Å². The smallest absolute Gasteiger partial charge is 0.142 e. The van der Waals surface area contributed by atoms with Crippen LogP contribution in [0.5, 0.6) is 5.75 Å². The molecule has 1 N–H and O–H groups in total. The number of aromatic hydroxyl groups is 1. The molecular formula is C13H16O2. The van der Waals surface area contributed by atoms with Crippen molar-refractivity contribution in [2.75, 3.05) is 0 Å². The van der Waals surface area contributed by atoms with E-state index in [2.05, 4.69) is 6.58 Å². The van der Waals surface area contributed by atoms with Gasteiger partial charge in [0.15, 0.2) is 0 Å². The van der Waals surface area contributed by atoms with Crippen molar-refractivity contribution in [1.29, 1.82) is 0 Å². The molecule has 0 atom stereocenters. The summed E-state index contributed by atoms with van der Waals surface area (Å²) in [6.45, 7) is 5.39. The molecular weight excluding hydrogens is 188 g/mol. The Bertz CT molecular complexity index is 327.